The second-order valence-corrected chi connectivity index (χ2v) is 7.01. The van der Waals surface area contributed by atoms with Crippen LogP contribution in [0.2, 0.25) is 0 Å². The smallest absolute Gasteiger partial charge is 0.179 e. The number of thioether (sulfide) groups is 1. The van der Waals surface area contributed by atoms with Gasteiger partial charge in [0, 0.05) is 10.9 Å². The van der Waals surface area contributed by atoms with Gasteiger partial charge in [-0.15, -0.1) is 10.2 Å². The number of hydrogen-bond donors (Lipinski definition) is 1. The van der Waals surface area contributed by atoms with Gasteiger partial charge < -0.3 is 5.73 Å². The van der Waals surface area contributed by atoms with Crippen molar-refractivity contribution < 1.29 is 0 Å². The summed E-state index contributed by atoms with van der Waals surface area (Å²) in [5.74, 6) is 0. The molecule has 3 nitrogen and oxygen atoms in total. The number of hydrogen-bond acceptors (Lipinski definition) is 6. The summed E-state index contributed by atoms with van der Waals surface area (Å²) in [7, 11) is 0. The Morgan fingerprint density at radius 1 is 1.28 bits per heavy atom. The van der Waals surface area contributed by atoms with E-state index in [2.05, 4.69) is 29.3 Å². The van der Waals surface area contributed by atoms with Crippen molar-refractivity contribution in [3.8, 4) is 0 Å². The van der Waals surface area contributed by atoms with Crippen molar-refractivity contribution in [2.75, 3.05) is 6.26 Å². The Hall–Kier alpha value is -0.560. The summed E-state index contributed by atoms with van der Waals surface area (Å²) in [6.45, 7) is 2.10. The van der Waals surface area contributed by atoms with Crippen LogP contribution in [0.15, 0.2) is 37.8 Å². The summed E-state index contributed by atoms with van der Waals surface area (Å²) >= 11 is 4.89. The van der Waals surface area contributed by atoms with Crippen molar-refractivity contribution in [2.24, 2.45) is 5.73 Å². The molecule has 0 amide bonds. The molecule has 18 heavy (non-hydrogen) atoms. The highest BCUT2D eigenvalue weighted by molar-refractivity contribution is 8.03. The molecule has 2 rings (SSSR count). The minimum absolute atomic E-state index is 0.0849. The van der Waals surface area contributed by atoms with Crippen molar-refractivity contribution in [1.29, 1.82) is 0 Å². The first kappa shape index (κ1) is 13.9. The Labute approximate surface area is 120 Å². The lowest BCUT2D eigenvalue weighted by molar-refractivity contribution is 0.685. The zero-order valence-electron chi connectivity index (χ0n) is 10.3. The first-order chi connectivity index (χ1) is 8.74. The van der Waals surface area contributed by atoms with Gasteiger partial charge in [-0.05, 0) is 24.3 Å². The average molecular weight is 297 g/mol. The van der Waals surface area contributed by atoms with E-state index in [0.717, 1.165) is 15.1 Å². The number of rotatable bonds is 5. The first-order valence-corrected chi connectivity index (χ1v) is 8.50. The highest BCUT2D eigenvalue weighted by Crippen LogP contribution is 2.36. The Bertz CT molecular complexity index is 513. The predicted octanol–water partition coefficient (Wildman–Crippen LogP) is 3.82. The van der Waals surface area contributed by atoms with Gasteiger partial charge in [0.2, 0.25) is 0 Å². The fourth-order valence-corrected chi connectivity index (χ4v) is 4.10. The number of nitrogens with zero attached hydrogens (tertiary/aromatic N) is 2. The van der Waals surface area contributed by atoms with E-state index in [1.807, 2.05) is 18.4 Å². The van der Waals surface area contributed by atoms with Gasteiger partial charge in [-0.3, -0.25) is 0 Å². The monoisotopic (exact) mass is 297 g/mol. The van der Waals surface area contributed by atoms with Gasteiger partial charge in [-0.2, -0.15) is 0 Å². The second kappa shape index (κ2) is 6.56. The molecule has 96 valence electrons. The lowest BCUT2D eigenvalue weighted by Gasteiger charge is -2.13. The van der Waals surface area contributed by atoms with Crippen LogP contribution in [0.4, 0.5) is 0 Å². The van der Waals surface area contributed by atoms with Gasteiger partial charge in [0.25, 0.3) is 0 Å². The first-order valence-electron chi connectivity index (χ1n) is 5.64. The third-order valence-electron chi connectivity index (χ3n) is 2.52. The maximum Gasteiger partial charge on any atom is 0.179 e. The van der Waals surface area contributed by atoms with Gasteiger partial charge in [0.1, 0.15) is 0 Å². The minimum Gasteiger partial charge on any atom is -0.324 e. The SMILES string of the molecule is CC[C@@H](N)c1ccccc1Sc1nnc(SC)s1. The molecule has 0 aliphatic heterocycles. The Balaban J connectivity index is 2.23. The average Bonchev–Trinajstić information content (AvgIpc) is 2.86. The van der Waals surface area contributed by atoms with E-state index < -0.39 is 0 Å². The zero-order chi connectivity index (χ0) is 13.0. The molecule has 1 atom stereocenters. The van der Waals surface area contributed by atoms with Crippen molar-refractivity contribution in [3.05, 3.63) is 29.8 Å². The molecule has 0 aliphatic rings. The third-order valence-corrected chi connectivity index (χ3v) is 5.56. The van der Waals surface area contributed by atoms with Crippen molar-refractivity contribution in [3.63, 3.8) is 0 Å². The number of aromatic nitrogens is 2. The fourth-order valence-electron chi connectivity index (χ4n) is 1.51. The van der Waals surface area contributed by atoms with Crippen LogP contribution in [-0.2, 0) is 0 Å². The summed E-state index contributed by atoms with van der Waals surface area (Å²) in [6, 6.07) is 8.33. The quantitative estimate of drug-likeness (QED) is 0.850. The lowest BCUT2D eigenvalue weighted by Crippen LogP contribution is -2.09. The molecule has 1 aromatic heterocycles. The molecular weight excluding hydrogens is 282 g/mol. The number of benzene rings is 1. The van der Waals surface area contributed by atoms with Crippen molar-refractivity contribution >= 4 is 34.9 Å². The van der Waals surface area contributed by atoms with Gasteiger partial charge >= 0.3 is 0 Å². The highest BCUT2D eigenvalue weighted by atomic mass is 32.2. The summed E-state index contributed by atoms with van der Waals surface area (Å²) in [4.78, 5) is 1.18. The largest absolute Gasteiger partial charge is 0.324 e. The summed E-state index contributed by atoms with van der Waals surface area (Å²) in [5.41, 5.74) is 7.32. The van der Waals surface area contributed by atoms with Crippen LogP contribution in [0.1, 0.15) is 24.9 Å². The van der Waals surface area contributed by atoms with E-state index in [-0.39, 0.29) is 6.04 Å². The van der Waals surface area contributed by atoms with Gasteiger partial charge in [-0.1, -0.05) is 60.0 Å². The maximum atomic E-state index is 6.13. The summed E-state index contributed by atoms with van der Waals surface area (Å²) in [5, 5.41) is 8.28. The number of nitrogens with two attached hydrogens (primary N) is 1. The minimum atomic E-state index is 0.0849. The molecule has 0 radical (unpaired) electrons. The fraction of sp³-hybridized carbons (Fsp3) is 0.333. The van der Waals surface area contributed by atoms with E-state index in [9.17, 15) is 0 Å². The highest BCUT2D eigenvalue weighted by Gasteiger charge is 2.12. The van der Waals surface area contributed by atoms with Crippen molar-refractivity contribution in [1.82, 2.24) is 10.2 Å². The van der Waals surface area contributed by atoms with E-state index in [0.29, 0.717) is 0 Å². The molecule has 2 aromatic rings. The molecule has 0 fully saturated rings. The molecule has 0 aliphatic carbocycles. The maximum absolute atomic E-state index is 6.13. The Kier molecular flexibility index (Phi) is 5.05. The molecule has 0 bridgehead atoms. The van der Waals surface area contributed by atoms with Crippen LogP contribution in [0, 0.1) is 0 Å². The van der Waals surface area contributed by atoms with Crippen LogP contribution < -0.4 is 5.73 Å². The molecule has 0 saturated carbocycles. The molecule has 2 N–H and O–H groups in total. The molecule has 0 saturated heterocycles. The summed E-state index contributed by atoms with van der Waals surface area (Å²) in [6.07, 6.45) is 2.94. The Morgan fingerprint density at radius 2 is 2.00 bits per heavy atom. The zero-order valence-corrected chi connectivity index (χ0v) is 12.7. The Morgan fingerprint density at radius 3 is 2.67 bits per heavy atom. The molecule has 1 aromatic carbocycles. The summed E-state index contributed by atoms with van der Waals surface area (Å²) < 4.78 is 1.96. The second-order valence-electron chi connectivity index (χ2n) is 3.69. The van der Waals surface area contributed by atoms with Gasteiger partial charge in [0.05, 0.1) is 0 Å². The molecule has 0 spiro atoms. The third kappa shape index (κ3) is 3.26. The van der Waals surface area contributed by atoms with Crippen LogP contribution in [0.3, 0.4) is 0 Å². The van der Waals surface area contributed by atoms with E-state index in [1.165, 1.54) is 10.5 Å². The van der Waals surface area contributed by atoms with Crippen molar-refractivity contribution in [2.45, 2.75) is 33.0 Å². The molecule has 6 heteroatoms. The molecule has 1 heterocycles. The predicted molar refractivity (Wildman–Crippen MR) is 79.5 cm³/mol. The standard InChI is InChI=1S/C12H15N3S3/c1-3-9(13)8-6-4-5-7-10(8)17-12-15-14-11(16-2)18-12/h4-7,9H,3,13H2,1-2H3/t9-/m1/s1. The van der Waals surface area contributed by atoms with Gasteiger partial charge in [-0.25, -0.2) is 0 Å². The molecular formula is C12H15N3S3. The van der Waals surface area contributed by atoms with E-state index in [1.54, 1.807) is 34.9 Å². The van der Waals surface area contributed by atoms with Crippen LogP contribution >= 0.6 is 34.9 Å². The normalized spacial score (nSPS) is 12.6. The van der Waals surface area contributed by atoms with Gasteiger partial charge in [0.15, 0.2) is 8.68 Å². The van der Waals surface area contributed by atoms with E-state index in [4.69, 9.17) is 5.73 Å². The lowest BCUT2D eigenvalue weighted by atomic mass is 10.1. The molecule has 0 unspecified atom stereocenters. The topological polar surface area (TPSA) is 51.8 Å². The van der Waals surface area contributed by atoms with Crippen LogP contribution in [0.5, 0.6) is 0 Å². The van der Waals surface area contributed by atoms with Crippen LogP contribution in [0.25, 0.3) is 0 Å². The van der Waals surface area contributed by atoms with E-state index >= 15 is 0 Å². The van der Waals surface area contributed by atoms with Crippen LogP contribution in [-0.4, -0.2) is 16.5 Å².